The summed E-state index contributed by atoms with van der Waals surface area (Å²) >= 11 is 0. The first kappa shape index (κ1) is 10.4. The van der Waals surface area contributed by atoms with Crippen LogP contribution < -0.4 is 5.46 Å². The zero-order valence-electron chi connectivity index (χ0n) is 8.42. The van der Waals surface area contributed by atoms with E-state index in [1.807, 2.05) is 12.1 Å². The number of hydrogen-bond donors (Lipinski definition) is 0. The van der Waals surface area contributed by atoms with Crippen molar-refractivity contribution in [2.24, 2.45) is 0 Å². The molecule has 0 aliphatic carbocycles. The highest BCUT2D eigenvalue weighted by atomic mass is 14.0. The van der Waals surface area contributed by atoms with Crippen molar-refractivity contribution in [2.75, 3.05) is 0 Å². The SMILES string of the molecule is [B]c1ccc(CCCCCC)cc1. The van der Waals surface area contributed by atoms with Gasteiger partial charge in [-0.05, 0) is 18.4 Å². The fraction of sp³-hybridized carbons (Fsp3) is 0.500. The van der Waals surface area contributed by atoms with Gasteiger partial charge >= 0.3 is 0 Å². The summed E-state index contributed by atoms with van der Waals surface area (Å²) in [7, 11) is 5.60. The molecule has 0 saturated carbocycles. The van der Waals surface area contributed by atoms with E-state index in [1.54, 1.807) is 0 Å². The predicted octanol–water partition coefficient (Wildman–Crippen LogP) is 2.60. The highest BCUT2D eigenvalue weighted by molar-refractivity contribution is 6.32. The summed E-state index contributed by atoms with van der Waals surface area (Å²) in [5, 5.41) is 0. The number of rotatable bonds is 5. The second-order valence-corrected chi connectivity index (χ2v) is 3.55. The fourth-order valence-corrected chi connectivity index (χ4v) is 1.44. The van der Waals surface area contributed by atoms with E-state index < -0.39 is 0 Å². The molecule has 0 spiro atoms. The lowest BCUT2D eigenvalue weighted by Gasteiger charge is -2.01. The third-order valence-electron chi connectivity index (χ3n) is 2.30. The lowest BCUT2D eigenvalue weighted by Crippen LogP contribution is -2.00. The number of hydrogen-bond acceptors (Lipinski definition) is 0. The van der Waals surface area contributed by atoms with Gasteiger partial charge in [-0.25, -0.2) is 0 Å². The van der Waals surface area contributed by atoms with E-state index in [0.29, 0.717) is 0 Å². The zero-order valence-corrected chi connectivity index (χ0v) is 8.42. The van der Waals surface area contributed by atoms with Crippen molar-refractivity contribution in [1.82, 2.24) is 0 Å². The van der Waals surface area contributed by atoms with Crippen molar-refractivity contribution in [3.63, 3.8) is 0 Å². The van der Waals surface area contributed by atoms with Gasteiger partial charge in [0.05, 0.1) is 0 Å². The highest BCUT2D eigenvalue weighted by Gasteiger charge is 1.92. The van der Waals surface area contributed by atoms with Crippen molar-refractivity contribution in [1.29, 1.82) is 0 Å². The van der Waals surface area contributed by atoms with E-state index in [0.717, 1.165) is 5.46 Å². The maximum Gasteiger partial charge on any atom is 0.113 e. The van der Waals surface area contributed by atoms with Crippen LogP contribution in [-0.2, 0) is 6.42 Å². The Labute approximate surface area is 82.8 Å². The first-order valence-corrected chi connectivity index (χ1v) is 5.17. The van der Waals surface area contributed by atoms with E-state index in [2.05, 4.69) is 19.1 Å². The van der Waals surface area contributed by atoms with Crippen LogP contribution in [0.15, 0.2) is 24.3 Å². The van der Waals surface area contributed by atoms with Gasteiger partial charge in [0.2, 0.25) is 0 Å². The summed E-state index contributed by atoms with van der Waals surface area (Å²) < 4.78 is 0. The topological polar surface area (TPSA) is 0 Å². The van der Waals surface area contributed by atoms with Crippen LogP contribution in [0.25, 0.3) is 0 Å². The van der Waals surface area contributed by atoms with Gasteiger partial charge in [-0.3, -0.25) is 0 Å². The second kappa shape index (κ2) is 5.85. The van der Waals surface area contributed by atoms with Crippen LogP contribution in [0.3, 0.4) is 0 Å². The van der Waals surface area contributed by atoms with Gasteiger partial charge in [-0.15, -0.1) is 0 Å². The Kier molecular flexibility index (Phi) is 4.66. The molecule has 0 aliphatic rings. The van der Waals surface area contributed by atoms with Crippen LogP contribution in [0.2, 0.25) is 0 Å². The monoisotopic (exact) mass is 172 g/mol. The molecule has 0 unspecified atom stereocenters. The maximum atomic E-state index is 5.60. The molecule has 0 aliphatic heterocycles. The van der Waals surface area contributed by atoms with Crippen molar-refractivity contribution < 1.29 is 0 Å². The van der Waals surface area contributed by atoms with Gasteiger partial charge in [0.15, 0.2) is 0 Å². The van der Waals surface area contributed by atoms with Gasteiger partial charge < -0.3 is 0 Å². The Hall–Kier alpha value is -0.715. The Morgan fingerprint density at radius 1 is 1.00 bits per heavy atom. The Morgan fingerprint density at radius 3 is 2.31 bits per heavy atom. The molecule has 0 nitrogen and oxygen atoms in total. The normalized spacial score (nSPS) is 10.2. The molecule has 0 amide bonds. The molecule has 13 heavy (non-hydrogen) atoms. The molecule has 0 atom stereocenters. The maximum absolute atomic E-state index is 5.60. The summed E-state index contributed by atoms with van der Waals surface area (Å²) in [5.74, 6) is 0. The molecule has 0 heterocycles. The predicted molar refractivity (Wildman–Crippen MR) is 59.7 cm³/mol. The Morgan fingerprint density at radius 2 is 1.69 bits per heavy atom. The highest BCUT2D eigenvalue weighted by Crippen LogP contribution is 2.06. The molecule has 1 aromatic rings. The summed E-state index contributed by atoms with van der Waals surface area (Å²) in [6.07, 6.45) is 6.51. The lowest BCUT2D eigenvalue weighted by molar-refractivity contribution is 0.667. The van der Waals surface area contributed by atoms with Crippen molar-refractivity contribution in [3.05, 3.63) is 29.8 Å². The number of unbranched alkanes of at least 4 members (excludes halogenated alkanes) is 3. The largest absolute Gasteiger partial charge is 0.113 e. The first-order chi connectivity index (χ1) is 6.33. The minimum Gasteiger partial charge on any atom is -0.0967 e. The molecular weight excluding hydrogens is 155 g/mol. The van der Waals surface area contributed by atoms with Gasteiger partial charge in [0.25, 0.3) is 0 Å². The zero-order chi connectivity index (χ0) is 9.52. The second-order valence-electron chi connectivity index (χ2n) is 3.55. The lowest BCUT2D eigenvalue weighted by atomic mass is 9.94. The first-order valence-electron chi connectivity index (χ1n) is 5.17. The van der Waals surface area contributed by atoms with Crippen LogP contribution >= 0.6 is 0 Å². The third kappa shape index (κ3) is 4.16. The van der Waals surface area contributed by atoms with Crippen LogP contribution in [-0.4, -0.2) is 7.85 Å². The molecule has 68 valence electrons. The van der Waals surface area contributed by atoms with Gasteiger partial charge in [-0.1, -0.05) is 55.9 Å². The average Bonchev–Trinajstić information content (AvgIpc) is 2.15. The molecular formula is C12H17B. The molecule has 0 saturated heterocycles. The average molecular weight is 172 g/mol. The number of benzene rings is 1. The third-order valence-corrected chi connectivity index (χ3v) is 2.30. The molecule has 2 radical (unpaired) electrons. The summed E-state index contributed by atoms with van der Waals surface area (Å²) in [6, 6.07) is 8.22. The summed E-state index contributed by atoms with van der Waals surface area (Å²) in [6.45, 7) is 2.24. The smallest absolute Gasteiger partial charge is 0.0967 e. The quantitative estimate of drug-likeness (QED) is 0.473. The minimum atomic E-state index is 0.859. The van der Waals surface area contributed by atoms with E-state index in [1.165, 1.54) is 37.7 Å². The molecule has 1 rings (SSSR count). The standard InChI is InChI=1S/C12H17B/c1-2-3-4-5-6-11-7-9-12(13)10-8-11/h7-10H,2-6H2,1H3. The van der Waals surface area contributed by atoms with Crippen molar-refractivity contribution in [2.45, 2.75) is 39.0 Å². The van der Waals surface area contributed by atoms with Crippen LogP contribution in [0.4, 0.5) is 0 Å². The van der Waals surface area contributed by atoms with Gasteiger partial charge in [0.1, 0.15) is 7.85 Å². The van der Waals surface area contributed by atoms with Gasteiger partial charge in [0, 0.05) is 0 Å². The van der Waals surface area contributed by atoms with Crippen LogP contribution in [0.5, 0.6) is 0 Å². The van der Waals surface area contributed by atoms with Crippen LogP contribution in [0.1, 0.15) is 38.2 Å². The number of aryl methyl sites for hydroxylation is 1. The molecule has 0 fully saturated rings. The van der Waals surface area contributed by atoms with Crippen LogP contribution in [0, 0.1) is 0 Å². The van der Waals surface area contributed by atoms with E-state index >= 15 is 0 Å². The molecule has 0 bridgehead atoms. The Balaban J connectivity index is 2.25. The van der Waals surface area contributed by atoms with Gasteiger partial charge in [-0.2, -0.15) is 0 Å². The molecule has 0 N–H and O–H groups in total. The molecule has 0 aromatic heterocycles. The minimum absolute atomic E-state index is 0.859. The van der Waals surface area contributed by atoms with E-state index in [4.69, 9.17) is 7.85 Å². The molecule has 1 aromatic carbocycles. The van der Waals surface area contributed by atoms with E-state index in [-0.39, 0.29) is 0 Å². The van der Waals surface area contributed by atoms with Crippen molar-refractivity contribution >= 4 is 13.3 Å². The molecule has 1 heteroatoms. The van der Waals surface area contributed by atoms with E-state index in [9.17, 15) is 0 Å². The Bertz CT molecular complexity index is 225. The summed E-state index contributed by atoms with van der Waals surface area (Å²) in [5.41, 5.74) is 2.27. The summed E-state index contributed by atoms with van der Waals surface area (Å²) in [4.78, 5) is 0. The van der Waals surface area contributed by atoms with Crippen molar-refractivity contribution in [3.8, 4) is 0 Å². The fourth-order valence-electron chi connectivity index (χ4n) is 1.44.